The van der Waals surface area contributed by atoms with Crippen LogP contribution >= 0.6 is 0 Å². The zero-order valence-electron chi connectivity index (χ0n) is 12.5. The zero-order valence-corrected chi connectivity index (χ0v) is 12.5. The monoisotopic (exact) mass is 283 g/mol. The Bertz CT molecular complexity index is 597. The number of fused-ring (bicyclic) bond motifs is 1. The summed E-state index contributed by atoms with van der Waals surface area (Å²) in [5.41, 5.74) is 3.84. The van der Waals surface area contributed by atoms with Gasteiger partial charge in [0.05, 0.1) is 25.9 Å². The van der Waals surface area contributed by atoms with Gasteiger partial charge >= 0.3 is 0 Å². The molecule has 3 rings (SSSR count). The Balaban J connectivity index is 1.73. The van der Waals surface area contributed by atoms with Gasteiger partial charge in [-0.1, -0.05) is 36.4 Å². The van der Waals surface area contributed by atoms with Crippen LogP contribution in [0, 0.1) is 0 Å². The van der Waals surface area contributed by atoms with Crippen molar-refractivity contribution in [2.24, 2.45) is 0 Å². The topological polar surface area (TPSA) is 30.5 Å². The second-order valence-corrected chi connectivity index (χ2v) is 5.37. The lowest BCUT2D eigenvalue weighted by molar-refractivity contribution is 0.0245. The lowest BCUT2D eigenvalue weighted by Gasteiger charge is -2.20. The summed E-state index contributed by atoms with van der Waals surface area (Å²) >= 11 is 0. The number of benzene rings is 2. The van der Waals surface area contributed by atoms with Gasteiger partial charge in [-0.15, -0.1) is 0 Å². The third-order valence-corrected chi connectivity index (χ3v) is 4.10. The summed E-state index contributed by atoms with van der Waals surface area (Å²) in [5.74, 6) is 0.901. The molecule has 0 fully saturated rings. The summed E-state index contributed by atoms with van der Waals surface area (Å²) in [6.45, 7) is 0.648. The van der Waals surface area contributed by atoms with Crippen LogP contribution in [0.2, 0.25) is 0 Å². The summed E-state index contributed by atoms with van der Waals surface area (Å²) in [6, 6.07) is 16.8. The molecule has 1 aliphatic carbocycles. The molecule has 2 atom stereocenters. The normalized spacial score (nSPS) is 20.3. The standard InChI is InChI=1S/C18H21NO2/c1-19-18-16-11-15(20-2)9-8-14(16)10-17(18)21-12-13-6-4-3-5-7-13/h3-9,11,17-19H,10,12H2,1-2H3. The summed E-state index contributed by atoms with van der Waals surface area (Å²) in [5, 5.41) is 3.38. The van der Waals surface area contributed by atoms with Gasteiger partial charge in [0.25, 0.3) is 0 Å². The average Bonchev–Trinajstić information content (AvgIpc) is 2.90. The maximum Gasteiger partial charge on any atom is 0.119 e. The Hall–Kier alpha value is -1.84. The van der Waals surface area contributed by atoms with E-state index in [4.69, 9.17) is 9.47 Å². The molecule has 3 heteroatoms. The molecule has 2 aromatic rings. The molecule has 2 unspecified atom stereocenters. The molecule has 0 amide bonds. The molecule has 0 bridgehead atoms. The molecule has 110 valence electrons. The minimum atomic E-state index is 0.164. The second kappa shape index (κ2) is 6.29. The predicted octanol–water partition coefficient (Wildman–Crippen LogP) is 3.10. The van der Waals surface area contributed by atoms with Gasteiger partial charge in [0.2, 0.25) is 0 Å². The van der Waals surface area contributed by atoms with Crippen molar-refractivity contribution in [1.29, 1.82) is 0 Å². The van der Waals surface area contributed by atoms with Gasteiger partial charge in [-0.25, -0.2) is 0 Å². The van der Waals surface area contributed by atoms with Crippen LogP contribution in [0.1, 0.15) is 22.7 Å². The number of likely N-dealkylation sites (N-methyl/N-ethyl adjacent to an activating group) is 1. The fourth-order valence-corrected chi connectivity index (χ4v) is 2.98. The number of rotatable bonds is 5. The molecule has 0 spiro atoms. The van der Waals surface area contributed by atoms with Crippen LogP contribution in [-0.4, -0.2) is 20.3 Å². The van der Waals surface area contributed by atoms with Gasteiger partial charge in [0.1, 0.15) is 5.75 Å². The molecule has 0 saturated heterocycles. The van der Waals surface area contributed by atoms with Crippen LogP contribution in [0.15, 0.2) is 48.5 Å². The fraction of sp³-hybridized carbons (Fsp3) is 0.333. The van der Waals surface area contributed by atoms with E-state index in [9.17, 15) is 0 Å². The van der Waals surface area contributed by atoms with Gasteiger partial charge in [-0.2, -0.15) is 0 Å². The van der Waals surface area contributed by atoms with E-state index in [1.807, 2.05) is 31.3 Å². The first-order valence-electron chi connectivity index (χ1n) is 7.31. The highest BCUT2D eigenvalue weighted by Crippen LogP contribution is 2.35. The molecule has 0 heterocycles. The predicted molar refractivity (Wildman–Crippen MR) is 83.5 cm³/mol. The molecule has 0 aliphatic heterocycles. The molecular formula is C18H21NO2. The van der Waals surface area contributed by atoms with Crippen molar-refractivity contribution in [3.8, 4) is 5.75 Å². The molecular weight excluding hydrogens is 262 g/mol. The van der Waals surface area contributed by atoms with Crippen LogP contribution < -0.4 is 10.1 Å². The Labute approximate surface area is 125 Å². The first-order chi connectivity index (χ1) is 10.3. The fourth-order valence-electron chi connectivity index (χ4n) is 2.98. The van der Waals surface area contributed by atoms with E-state index in [1.165, 1.54) is 16.7 Å². The van der Waals surface area contributed by atoms with Crippen LogP contribution in [0.4, 0.5) is 0 Å². The van der Waals surface area contributed by atoms with E-state index >= 15 is 0 Å². The van der Waals surface area contributed by atoms with Crippen LogP contribution in [0.25, 0.3) is 0 Å². The highest BCUT2D eigenvalue weighted by Gasteiger charge is 2.32. The van der Waals surface area contributed by atoms with Crippen molar-refractivity contribution in [3.05, 3.63) is 65.2 Å². The minimum Gasteiger partial charge on any atom is -0.497 e. The summed E-state index contributed by atoms with van der Waals surface area (Å²) in [4.78, 5) is 0. The largest absolute Gasteiger partial charge is 0.497 e. The van der Waals surface area contributed by atoms with Crippen LogP contribution in [0.5, 0.6) is 5.75 Å². The quantitative estimate of drug-likeness (QED) is 0.914. The van der Waals surface area contributed by atoms with Gasteiger partial charge < -0.3 is 14.8 Å². The molecule has 1 N–H and O–H groups in total. The Morgan fingerprint density at radius 2 is 1.95 bits per heavy atom. The van der Waals surface area contributed by atoms with Crippen molar-refractivity contribution >= 4 is 0 Å². The van der Waals surface area contributed by atoms with E-state index in [0.29, 0.717) is 6.61 Å². The lowest BCUT2D eigenvalue weighted by atomic mass is 10.1. The molecule has 3 nitrogen and oxygen atoms in total. The lowest BCUT2D eigenvalue weighted by Crippen LogP contribution is -2.28. The van der Waals surface area contributed by atoms with Gasteiger partial charge in [-0.05, 0) is 35.9 Å². The molecule has 2 aromatic carbocycles. The maximum atomic E-state index is 6.15. The molecule has 1 aliphatic rings. The number of nitrogens with one attached hydrogen (secondary N) is 1. The van der Waals surface area contributed by atoms with E-state index in [0.717, 1.165) is 12.2 Å². The number of hydrogen-bond donors (Lipinski definition) is 1. The van der Waals surface area contributed by atoms with E-state index < -0.39 is 0 Å². The molecule has 0 saturated carbocycles. The van der Waals surface area contributed by atoms with E-state index in [2.05, 4.69) is 29.6 Å². The summed E-state index contributed by atoms with van der Waals surface area (Å²) < 4.78 is 11.5. The Morgan fingerprint density at radius 1 is 1.14 bits per heavy atom. The second-order valence-electron chi connectivity index (χ2n) is 5.37. The van der Waals surface area contributed by atoms with E-state index in [1.54, 1.807) is 7.11 Å². The van der Waals surface area contributed by atoms with Crippen molar-refractivity contribution in [2.75, 3.05) is 14.2 Å². The van der Waals surface area contributed by atoms with E-state index in [-0.39, 0.29) is 12.1 Å². The van der Waals surface area contributed by atoms with Gasteiger partial charge in [0, 0.05) is 6.42 Å². The third-order valence-electron chi connectivity index (χ3n) is 4.10. The molecule has 0 radical (unpaired) electrons. The summed E-state index contributed by atoms with van der Waals surface area (Å²) in [7, 11) is 3.69. The third kappa shape index (κ3) is 2.94. The van der Waals surface area contributed by atoms with Crippen molar-refractivity contribution < 1.29 is 9.47 Å². The number of ether oxygens (including phenoxy) is 2. The van der Waals surface area contributed by atoms with Gasteiger partial charge in [0.15, 0.2) is 0 Å². The van der Waals surface area contributed by atoms with Crippen molar-refractivity contribution in [1.82, 2.24) is 5.32 Å². The van der Waals surface area contributed by atoms with Gasteiger partial charge in [-0.3, -0.25) is 0 Å². The van der Waals surface area contributed by atoms with Crippen molar-refractivity contribution in [2.45, 2.75) is 25.2 Å². The highest BCUT2D eigenvalue weighted by atomic mass is 16.5. The van der Waals surface area contributed by atoms with Crippen LogP contribution in [-0.2, 0) is 17.8 Å². The Kier molecular flexibility index (Phi) is 4.23. The average molecular weight is 283 g/mol. The smallest absolute Gasteiger partial charge is 0.119 e. The maximum absolute atomic E-state index is 6.15. The zero-order chi connectivity index (χ0) is 14.7. The highest BCUT2D eigenvalue weighted by molar-refractivity contribution is 5.42. The first-order valence-corrected chi connectivity index (χ1v) is 7.31. The molecule has 0 aromatic heterocycles. The number of methoxy groups -OCH3 is 1. The molecule has 21 heavy (non-hydrogen) atoms. The van der Waals surface area contributed by atoms with Crippen LogP contribution in [0.3, 0.4) is 0 Å². The first kappa shape index (κ1) is 14.1. The minimum absolute atomic E-state index is 0.164. The number of hydrogen-bond acceptors (Lipinski definition) is 3. The SMILES string of the molecule is CNC1c2cc(OC)ccc2CC1OCc1ccccc1. The Morgan fingerprint density at radius 3 is 2.67 bits per heavy atom. The van der Waals surface area contributed by atoms with Crippen molar-refractivity contribution in [3.63, 3.8) is 0 Å². The summed E-state index contributed by atoms with van der Waals surface area (Å²) in [6.07, 6.45) is 1.11.